The molecule has 0 atom stereocenters. The van der Waals surface area contributed by atoms with Crippen LogP contribution in [0.1, 0.15) is 38.8 Å². The number of carbonyl (C=O) groups is 2. The Bertz CT molecular complexity index is 701. The monoisotopic (exact) mass is 265 g/mol. The van der Waals surface area contributed by atoms with Crippen molar-refractivity contribution < 1.29 is 9.59 Å². The maximum Gasteiger partial charge on any atom is 0.266 e. The van der Waals surface area contributed by atoms with Gasteiger partial charge in [-0.3, -0.25) is 9.59 Å². The van der Waals surface area contributed by atoms with Crippen LogP contribution in [0.25, 0.3) is 0 Å². The molecule has 0 bridgehead atoms. The fourth-order valence-corrected chi connectivity index (χ4v) is 2.44. The van der Waals surface area contributed by atoms with Crippen molar-refractivity contribution in [1.29, 1.82) is 0 Å². The van der Waals surface area contributed by atoms with Crippen molar-refractivity contribution in [3.05, 3.63) is 64.7 Å². The van der Waals surface area contributed by atoms with Gasteiger partial charge >= 0.3 is 0 Å². The summed E-state index contributed by atoms with van der Waals surface area (Å²) in [6.45, 7) is 4.00. The molecule has 0 spiro atoms. The second-order valence-corrected chi connectivity index (χ2v) is 5.01. The summed E-state index contributed by atoms with van der Waals surface area (Å²) in [6, 6.07) is 12.9. The molecule has 2 aromatic rings. The normalized spacial score (nSPS) is 13.8. The van der Waals surface area contributed by atoms with Gasteiger partial charge in [-0.05, 0) is 43.2 Å². The van der Waals surface area contributed by atoms with Gasteiger partial charge in [-0.25, -0.2) is 4.90 Å². The van der Waals surface area contributed by atoms with Gasteiger partial charge in [0.1, 0.15) is 0 Å². The minimum absolute atomic E-state index is 0.232. The summed E-state index contributed by atoms with van der Waals surface area (Å²) in [5, 5.41) is 0. The van der Waals surface area contributed by atoms with Crippen molar-refractivity contribution in [2.24, 2.45) is 0 Å². The van der Waals surface area contributed by atoms with Crippen molar-refractivity contribution in [2.75, 3.05) is 4.90 Å². The third-order valence-electron chi connectivity index (χ3n) is 3.65. The van der Waals surface area contributed by atoms with Crippen molar-refractivity contribution >= 4 is 17.5 Å². The van der Waals surface area contributed by atoms with Crippen LogP contribution >= 0.6 is 0 Å². The Balaban J connectivity index is 2.07. The summed E-state index contributed by atoms with van der Waals surface area (Å²) in [6.07, 6.45) is 0.847. The van der Waals surface area contributed by atoms with Crippen molar-refractivity contribution in [1.82, 2.24) is 0 Å². The molecule has 1 aliphatic rings. The van der Waals surface area contributed by atoms with Crippen LogP contribution in [0.4, 0.5) is 5.69 Å². The first kappa shape index (κ1) is 12.6. The zero-order valence-corrected chi connectivity index (χ0v) is 11.5. The Morgan fingerprint density at radius 3 is 2.20 bits per heavy atom. The number of carbonyl (C=O) groups excluding carboxylic acids is 2. The van der Waals surface area contributed by atoms with Crippen LogP contribution in [-0.2, 0) is 6.42 Å². The largest absolute Gasteiger partial charge is 0.268 e. The van der Waals surface area contributed by atoms with E-state index in [1.807, 2.05) is 38.1 Å². The summed E-state index contributed by atoms with van der Waals surface area (Å²) in [5.41, 5.74) is 3.79. The SMILES string of the molecule is CCc1ccc2c(c1)C(=O)N(c1ccc(C)cc1)C2=O. The van der Waals surface area contributed by atoms with E-state index in [9.17, 15) is 9.59 Å². The Hall–Kier alpha value is -2.42. The number of hydrogen-bond donors (Lipinski definition) is 0. The molecular formula is C17H15NO2. The molecule has 0 aliphatic carbocycles. The highest BCUT2D eigenvalue weighted by molar-refractivity contribution is 6.34. The Labute approximate surface area is 117 Å². The molecule has 1 aliphatic heterocycles. The van der Waals surface area contributed by atoms with Gasteiger partial charge in [0.2, 0.25) is 0 Å². The lowest BCUT2D eigenvalue weighted by molar-refractivity contribution is 0.0926. The van der Waals surface area contributed by atoms with E-state index in [1.165, 1.54) is 4.90 Å². The molecule has 3 heteroatoms. The van der Waals surface area contributed by atoms with E-state index in [1.54, 1.807) is 18.2 Å². The lowest BCUT2D eigenvalue weighted by atomic mass is 10.0. The summed E-state index contributed by atoms with van der Waals surface area (Å²) < 4.78 is 0. The summed E-state index contributed by atoms with van der Waals surface area (Å²) in [7, 11) is 0. The van der Waals surface area contributed by atoms with Crippen molar-refractivity contribution in [3.63, 3.8) is 0 Å². The minimum Gasteiger partial charge on any atom is -0.268 e. The number of fused-ring (bicyclic) bond motifs is 1. The van der Waals surface area contributed by atoms with Crippen LogP contribution in [0.15, 0.2) is 42.5 Å². The van der Waals surface area contributed by atoms with E-state index >= 15 is 0 Å². The maximum atomic E-state index is 12.5. The van der Waals surface area contributed by atoms with E-state index in [0.717, 1.165) is 17.5 Å². The van der Waals surface area contributed by atoms with Crippen LogP contribution in [0, 0.1) is 6.92 Å². The van der Waals surface area contributed by atoms with E-state index in [-0.39, 0.29) is 11.8 Å². The number of hydrogen-bond acceptors (Lipinski definition) is 2. The molecule has 0 aromatic heterocycles. The molecule has 0 N–H and O–H groups in total. The number of benzene rings is 2. The van der Waals surface area contributed by atoms with E-state index in [4.69, 9.17) is 0 Å². The van der Waals surface area contributed by atoms with Gasteiger partial charge in [0.25, 0.3) is 11.8 Å². The molecule has 2 amide bonds. The van der Waals surface area contributed by atoms with Crippen molar-refractivity contribution in [3.8, 4) is 0 Å². The van der Waals surface area contributed by atoms with Gasteiger partial charge in [-0.15, -0.1) is 0 Å². The average molecular weight is 265 g/mol. The second kappa shape index (κ2) is 4.60. The second-order valence-electron chi connectivity index (χ2n) is 5.01. The highest BCUT2D eigenvalue weighted by atomic mass is 16.2. The first-order valence-corrected chi connectivity index (χ1v) is 6.70. The van der Waals surface area contributed by atoms with Gasteiger partial charge in [-0.1, -0.05) is 30.7 Å². The zero-order chi connectivity index (χ0) is 14.3. The first-order valence-electron chi connectivity index (χ1n) is 6.70. The van der Waals surface area contributed by atoms with Crippen LogP contribution in [0.5, 0.6) is 0 Å². The first-order chi connectivity index (χ1) is 9.61. The number of rotatable bonds is 2. The van der Waals surface area contributed by atoms with Crippen molar-refractivity contribution in [2.45, 2.75) is 20.3 Å². The van der Waals surface area contributed by atoms with Crippen LogP contribution in [0.2, 0.25) is 0 Å². The molecule has 0 radical (unpaired) electrons. The minimum atomic E-state index is -0.239. The molecule has 0 saturated heterocycles. The Morgan fingerprint density at radius 1 is 0.900 bits per heavy atom. The Morgan fingerprint density at radius 2 is 1.55 bits per heavy atom. The molecule has 3 rings (SSSR count). The average Bonchev–Trinajstić information content (AvgIpc) is 2.72. The molecule has 0 fully saturated rings. The summed E-state index contributed by atoms with van der Waals surface area (Å²) >= 11 is 0. The molecule has 0 saturated carbocycles. The quantitative estimate of drug-likeness (QED) is 0.781. The zero-order valence-electron chi connectivity index (χ0n) is 11.5. The van der Waals surface area contributed by atoms with Gasteiger partial charge < -0.3 is 0 Å². The van der Waals surface area contributed by atoms with E-state index < -0.39 is 0 Å². The molecule has 20 heavy (non-hydrogen) atoms. The third-order valence-corrected chi connectivity index (χ3v) is 3.65. The number of imide groups is 1. The van der Waals surface area contributed by atoms with Gasteiger partial charge in [-0.2, -0.15) is 0 Å². The number of anilines is 1. The number of amides is 2. The fourth-order valence-electron chi connectivity index (χ4n) is 2.44. The predicted octanol–water partition coefficient (Wildman–Crippen LogP) is 3.36. The Kier molecular flexibility index (Phi) is 2.90. The maximum absolute atomic E-state index is 12.5. The molecule has 2 aromatic carbocycles. The molecule has 3 nitrogen and oxygen atoms in total. The highest BCUT2D eigenvalue weighted by Crippen LogP contribution is 2.29. The van der Waals surface area contributed by atoms with Crippen LogP contribution in [0.3, 0.4) is 0 Å². The van der Waals surface area contributed by atoms with Crippen LogP contribution < -0.4 is 4.90 Å². The topological polar surface area (TPSA) is 37.4 Å². The number of nitrogens with zero attached hydrogens (tertiary/aromatic N) is 1. The third kappa shape index (κ3) is 1.83. The van der Waals surface area contributed by atoms with Gasteiger partial charge in [0, 0.05) is 0 Å². The van der Waals surface area contributed by atoms with Crippen LogP contribution in [-0.4, -0.2) is 11.8 Å². The fraction of sp³-hybridized carbons (Fsp3) is 0.176. The smallest absolute Gasteiger partial charge is 0.266 e. The van der Waals surface area contributed by atoms with E-state index in [0.29, 0.717) is 16.8 Å². The van der Waals surface area contributed by atoms with Gasteiger partial charge in [0.05, 0.1) is 16.8 Å². The number of aryl methyl sites for hydroxylation is 2. The molecule has 100 valence electrons. The molecular weight excluding hydrogens is 250 g/mol. The van der Waals surface area contributed by atoms with E-state index in [2.05, 4.69) is 0 Å². The molecule has 1 heterocycles. The highest BCUT2D eigenvalue weighted by Gasteiger charge is 2.36. The predicted molar refractivity (Wildman–Crippen MR) is 78.1 cm³/mol. The summed E-state index contributed by atoms with van der Waals surface area (Å²) in [4.78, 5) is 26.1. The lowest BCUT2D eigenvalue weighted by Crippen LogP contribution is -2.29. The van der Waals surface area contributed by atoms with Gasteiger partial charge in [0.15, 0.2) is 0 Å². The lowest BCUT2D eigenvalue weighted by Gasteiger charge is -2.13. The standard InChI is InChI=1S/C17H15NO2/c1-3-12-6-9-14-15(10-12)17(20)18(16(14)19)13-7-4-11(2)5-8-13/h4-10H,3H2,1-2H3. The summed E-state index contributed by atoms with van der Waals surface area (Å²) in [5.74, 6) is -0.472. The molecule has 0 unspecified atom stereocenters.